The molecule has 1 heterocycles. The molecule has 1 amide bonds. The monoisotopic (exact) mass is 352 g/mol. The van der Waals surface area contributed by atoms with Gasteiger partial charge in [0, 0.05) is 18.0 Å². The third-order valence-corrected chi connectivity index (χ3v) is 4.17. The molecule has 3 aromatic rings. The molecule has 0 aliphatic rings. The van der Waals surface area contributed by atoms with Crippen molar-refractivity contribution in [3.63, 3.8) is 0 Å². The Bertz CT molecular complexity index is 897. The Morgan fingerprint density at radius 3 is 2.73 bits per heavy atom. The minimum atomic E-state index is -0.287. The number of nitrogens with one attached hydrogen (secondary N) is 1. The summed E-state index contributed by atoms with van der Waals surface area (Å²) in [5.74, 6) is 0.106. The number of hydrogen-bond acceptors (Lipinski definition) is 3. The fraction of sp³-hybridized carbons (Fsp3) is 0.190. The van der Waals surface area contributed by atoms with E-state index in [4.69, 9.17) is 4.42 Å². The van der Waals surface area contributed by atoms with Crippen molar-refractivity contribution >= 4 is 23.0 Å². The first-order valence-electron chi connectivity index (χ1n) is 8.39. The van der Waals surface area contributed by atoms with Gasteiger partial charge in [-0.05, 0) is 50.0 Å². The van der Waals surface area contributed by atoms with Gasteiger partial charge in [-0.15, -0.1) is 0 Å². The molecular formula is C21H21FN2O2. The Morgan fingerprint density at radius 1 is 1.19 bits per heavy atom. The van der Waals surface area contributed by atoms with Gasteiger partial charge in [-0.25, -0.2) is 4.39 Å². The predicted molar refractivity (Wildman–Crippen MR) is 101 cm³/mol. The summed E-state index contributed by atoms with van der Waals surface area (Å²) in [5, 5.41) is 3.85. The summed E-state index contributed by atoms with van der Waals surface area (Å²) in [6.07, 6.45) is 3.08. The van der Waals surface area contributed by atoms with E-state index in [1.54, 1.807) is 12.1 Å². The Hall–Kier alpha value is -2.92. The van der Waals surface area contributed by atoms with Crippen LogP contribution in [0.2, 0.25) is 0 Å². The van der Waals surface area contributed by atoms with Crippen molar-refractivity contribution in [3.05, 3.63) is 77.8 Å². The van der Waals surface area contributed by atoms with Crippen LogP contribution in [-0.2, 0) is 4.79 Å². The Labute approximate surface area is 151 Å². The van der Waals surface area contributed by atoms with Crippen LogP contribution in [0.15, 0.2) is 65.1 Å². The maximum Gasteiger partial charge on any atom is 0.244 e. The van der Waals surface area contributed by atoms with Gasteiger partial charge in [-0.3, -0.25) is 4.79 Å². The molecule has 3 rings (SSSR count). The molecule has 0 spiro atoms. The topological polar surface area (TPSA) is 45.5 Å². The van der Waals surface area contributed by atoms with Crippen molar-refractivity contribution in [3.8, 4) is 0 Å². The van der Waals surface area contributed by atoms with Crippen LogP contribution in [0, 0.1) is 5.82 Å². The average Bonchev–Trinajstić information content (AvgIpc) is 3.03. The summed E-state index contributed by atoms with van der Waals surface area (Å²) >= 11 is 0. The van der Waals surface area contributed by atoms with E-state index in [2.05, 4.69) is 5.32 Å². The average molecular weight is 352 g/mol. The third kappa shape index (κ3) is 4.37. The predicted octanol–water partition coefficient (Wildman–Crippen LogP) is 4.00. The number of halogens is 1. The lowest BCUT2D eigenvalue weighted by Gasteiger charge is -2.24. The first-order valence-corrected chi connectivity index (χ1v) is 8.39. The van der Waals surface area contributed by atoms with Crippen LogP contribution in [0.4, 0.5) is 4.39 Å². The standard InChI is InChI=1S/C21H21FN2O2/c1-24(2)19(15-7-5-8-17(22)12-15)14-23-21(25)11-10-18-13-16-6-3-4-9-20(16)26-18/h3-13,19H,14H2,1-2H3,(H,23,25)/b11-10+. The Balaban J connectivity index is 1.63. The molecule has 1 atom stereocenters. The van der Waals surface area contributed by atoms with Crippen LogP contribution in [0.1, 0.15) is 17.4 Å². The maximum atomic E-state index is 13.5. The molecule has 5 heteroatoms. The molecule has 2 aromatic carbocycles. The van der Waals surface area contributed by atoms with E-state index in [-0.39, 0.29) is 17.8 Å². The van der Waals surface area contributed by atoms with Gasteiger partial charge in [0.05, 0.1) is 6.04 Å². The third-order valence-electron chi connectivity index (χ3n) is 4.17. The van der Waals surface area contributed by atoms with Crippen molar-refractivity contribution < 1.29 is 13.6 Å². The number of amides is 1. The Morgan fingerprint density at radius 2 is 2.00 bits per heavy atom. The highest BCUT2D eigenvalue weighted by molar-refractivity contribution is 5.92. The lowest BCUT2D eigenvalue weighted by Crippen LogP contribution is -2.33. The van der Waals surface area contributed by atoms with E-state index >= 15 is 0 Å². The number of fused-ring (bicyclic) bond motifs is 1. The first-order chi connectivity index (χ1) is 12.5. The first kappa shape index (κ1) is 17.9. The molecule has 0 aliphatic carbocycles. The second-order valence-corrected chi connectivity index (χ2v) is 6.30. The number of likely N-dealkylation sites (N-methyl/N-ethyl adjacent to an activating group) is 1. The highest BCUT2D eigenvalue weighted by Crippen LogP contribution is 2.20. The minimum absolute atomic E-state index is 0.116. The summed E-state index contributed by atoms with van der Waals surface area (Å²) in [4.78, 5) is 14.1. The van der Waals surface area contributed by atoms with Crippen LogP contribution in [0.5, 0.6) is 0 Å². The highest BCUT2D eigenvalue weighted by atomic mass is 19.1. The van der Waals surface area contributed by atoms with E-state index < -0.39 is 0 Å². The van der Waals surface area contributed by atoms with Gasteiger partial charge in [0.2, 0.25) is 5.91 Å². The molecule has 26 heavy (non-hydrogen) atoms. The lowest BCUT2D eigenvalue weighted by molar-refractivity contribution is -0.116. The normalized spacial score (nSPS) is 12.8. The number of hydrogen-bond donors (Lipinski definition) is 1. The molecule has 134 valence electrons. The summed E-state index contributed by atoms with van der Waals surface area (Å²) in [6.45, 7) is 0.375. The molecule has 0 fully saturated rings. The van der Waals surface area contributed by atoms with Gasteiger partial charge in [-0.1, -0.05) is 30.3 Å². The zero-order valence-electron chi connectivity index (χ0n) is 14.8. The van der Waals surface area contributed by atoms with Gasteiger partial charge in [0.25, 0.3) is 0 Å². The number of benzene rings is 2. The van der Waals surface area contributed by atoms with Gasteiger partial charge < -0.3 is 14.6 Å². The van der Waals surface area contributed by atoms with Crippen molar-refractivity contribution in [2.24, 2.45) is 0 Å². The van der Waals surface area contributed by atoms with Crippen molar-refractivity contribution in [1.82, 2.24) is 10.2 Å². The van der Waals surface area contributed by atoms with Gasteiger partial charge in [-0.2, -0.15) is 0 Å². The molecular weight excluding hydrogens is 331 g/mol. The van der Waals surface area contributed by atoms with Crippen LogP contribution in [-0.4, -0.2) is 31.4 Å². The van der Waals surface area contributed by atoms with Gasteiger partial charge in [0.1, 0.15) is 17.2 Å². The van der Waals surface area contributed by atoms with Crippen LogP contribution in [0.25, 0.3) is 17.0 Å². The van der Waals surface area contributed by atoms with E-state index in [9.17, 15) is 9.18 Å². The van der Waals surface area contributed by atoms with Gasteiger partial charge in [0.15, 0.2) is 0 Å². The SMILES string of the molecule is CN(C)C(CNC(=O)/C=C/c1cc2ccccc2o1)c1cccc(F)c1. The largest absolute Gasteiger partial charge is 0.457 e. The smallest absolute Gasteiger partial charge is 0.244 e. The minimum Gasteiger partial charge on any atom is -0.457 e. The Kier molecular flexibility index (Phi) is 5.49. The zero-order chi connectivity index (χ0) is 18.5. The fourth-order valence-corrected chi connectivity index (χ4v) is 2.81. The maximum absolute atomic E-state index is 13.5. The molecule has 1 aromatic heterocycles. The summed E-state index contributed by atoms with van der Waals surface area (Å²) in [5.41, 5.74) is 1.60. The van der Waals surface area contributed by atoms with Crippen molar-refractivity contribution in [1.29, 1.82) is 0 Å². The number of carbonyl (C=O) groups excluding carboxylic acids is 1. The van der Waals surface area contributed by atoms with Gasteiger partial charge >= 0.3 is 0 Å². The molecule has 0 bridgehead atoms. The molecule has 1 unspecified atom stereocenters. The number of rotatable bonds is 6. The van der Waals surface area contributed by atoms with E-state index in [0.29, 0.717) is 12.3 Å². The molecule has 0 radical (unpaired) electrons. The van der Waals surface area contributed by atoms with E-state index in [1.165, 1.54) is 18.2 Å². The van der Waals surface area contributed by atoms with E-state index in [1.807, 2.05) is 55.4 Å². The summed E-state index contributed by atoms with van der Waals surface area (Å²) in [6, 6.07) is 15.9. The number of furan rings is 1. The quantitative estimate of drug-likeness (QED) is 0.682. The summed E-state index contributed by atoms with van der Waals surface area (Å²) < 4.78 is 19.1. The molecule has 0 saturated carbocycles. The fourth-order valence-electron chi connectivity index (χ4n) is 2.81. The highest BCUT2D eigenvalue weighted by Gasteiger charge is 2.15. The van der Waals surface area contributed by atoms with E-state index in [0.717, 1.165) is 16.5 Å². The number of nitrogens with zero attached hydrogens (tertiary/aromatic N) is 1. The number of carbonyl (C=O) groups is 1. The second kappa shape index (κ2) is 7.97. The molecule has 4 nitrogen and oxygen atoms in total. The molecule has 0 aliphatic heterocycles. The zero-order valence-corrected chi connectivity index (χ0v) is 14.8. The van der Waals surface area contributed by atoms with Crippen LogP contribution >= 0.6 is 0 Å². The molecule has 0 saturated heterocycles. The van der Waals surface area contributed by atoms with Crippen molar-refractivity contribution in [2.75, 3.05) is 20.6 Å². The van der Waals surface area contributed by atoms with Crippen LogP contribution in [0.3, 0.4) is 0 Å². The lowest BCUT2D eigenvalue weighted by atomic mass is 10.1. The number of para-hydroxylation sites is 1. The molecule has 1 N–H and O–H groups in total. The van der Waals surface area contributed by atoms with Crippen LogP contribution < -0.4 is 5.32 Å². The van der Waals surface area contributed by atoms with Crippen molar-refractivity contribution in [2.45, 2.75) is 6.04 Å². The second-order valence-electron chi connectivity index (χ2n) is 6.30. The summed E-state index contributed by atoms with van der Waals surface area (Å²) in [7, 11) is 3.79.